The number of carbonyl (C=O) groups is 2. The summed E-state index contributed by atoms with van der Waals surface area (Å²) in [6.45, 7) is 6.55. The Bertz CT molecular complexity index is 806. The van der Waals surface area contributed by atoms with E-state index in [1.165, 1.54) is 0 Å². The van der Waals surface area contributed by atoms with Crippen molar-refractivity contribution in [2.75, 3.05) is 11.9 Å². The van der Waals surface area contributed by atoms with Crippen LogP contribution < -0.4 is 15.4 Å². The van der Waals surface area contributed by atoms with Crippen LogP contribution in [-0.2, 0) is 0 Å². The van der Waals surface area contributed by atoms with Gasteiger partial charge in [0.2, 0.25) is 0 Å². The van der Waals surface area contributed by atoms with Crippen molar-refractivity contribution in [3.05, 3.63) is 58.1 Å². The van der Waals surface area contributed by atoms with Crippen LogP contribution in [-0.4, -0.2) is 24.5 Å². The summed E-state index contributed by atoms with van der Waals surface area (Å²) < 4.78 is 6.41. The Balaban J connectivity index is 2.06. The average Bonchev–Trinajstić information content (AvgIpc) is 2.62. The van der Waals surface area contributed by atoms with Crippen molar-refractivity contribution in [1.29, 1.82) is 0 Å². The SMILES string of the molecule is CCCCOc1ccc(C(=O)Nc2cccc(C(=O)NC(C)C)c2)cc1Br. The summed E-state index contributed by atoms with van der Waals surface area (Å²) in [7, 11) is 0. The van der Waals surface area contributed by atoms with Gasteiger partial charge < -0.3 is 15.4 Å². The fourth-order valence-electron chi connectivity index (χ4n) is 2.37. The minimum absolute atomic E-state index is 0.0474. The summed E-state index contributed by atoms with van der Waals surface area (Å²) in [6, 6.07) is 12.1. The van der Waals surface area contributed by atoms with Crippen molar-refractivity contribution >= 4 is 33.4 Å². The fourth-order valence-corrected chi connectivity index (χ4v) is 2.87. The first-order valence-corrected chi connectivity index (χ1v) is 9.84. The van der Waals surface area contributed by atoms with Gasteiger partial charge in [0.05, 0.1) is 11.1 Å². The van der Waals surface area contributed by atoms with E-state index in [4.69, 9.17) is 4.74 Å². The van der Waals surface area contributed by atoms with E-state index in [1.807, 2.05) is 13.8 Å². The highest BCUT2D eigenvalue weighted by atomic mass is 79.9. The first-order chi connectivity index (χ1) is 12.9. The number of hydrogen-bond acceptors (Lipinski definition) is 3. The van der Waals surface area contributed by atoms with Crippen LogP contribution in [0.3, 0.4) is 0 Å². The number of rotatable bonds is 8. The molecule has 0 aliphatic rings. The summed E-state index contributed by atoms with van der Waals surface area (Å²) in [5.74, 6) is 0.294. The Morgan fingerprint density at radius 2 is 1.81 bits per heavy atom. The summed E-state index contributed by atoms with van der Waals surface area (Å²) in [5, 5.41) is 5.66. The lowest BCUT2D eigenvalue weighted by atomic mass is 10.1. The molecule has 2 amide bonds. The third-order valence-corrected chi connectivity index (χ3v) is 4.37. The molecule has 27 heavy (non-hydrogen) atoms. The number of carbonyl (C=O) groups excluding carboxylic acids is 2. The van der Waals surface area contributed by atoms with E-state index in [2.05, 4.69) is 33.5 Å². The van der Waals surface area contributed by atoms with E-state index in [0.29, 0.717) is 29.2 Å². The van der Waals surface area contributed by atoms with E-state index >= 15 is 0 Å². The second-order valence-electron chi connectivity index (χ2n) is 6.51. The van der Waals surface area contributed by atoms with Crippen LogP contribution >= 0.6 is 15.9 Å². The topological polar surface area (TPSA) is 67.4 Å². The predicted molar refractivity (Wildman–Crippen MR) is 112 cm³/mol. The lowest BCUT2D eigenvalue weighted by Gasteiger charge is -2.11. The highest BCUT2D eigenvalue weighted by Crippen LogP contribution is 2.26. The molecule has 0 spiro atoms. The van der Waals surface area contributed by atoms with Gasteiger partial charge in [-0.1, -0.05) is 19.4 Å². The van der Waals surface area contributed by atoms with Crippen LogP contribution in [0.4, 0.5) is 5.69 Å². The number of hydrogen-bond donors (Lipinski definition) is 2. The van der Waals surface area contributed by atoms with Crippen molar-refractivity contribution in [2.24, 2.45) is 0 Å². The van der Waals surface area contributed by atoms with Gasteiger partial charge in [0.25, 0.3) is 11.8 Å². The van der Waals surface area contributed by atoms with Gasteiger partial charge in [0, 0.05) is 22.9 Å². The van der Waals surface area contributed by atoms with Gasteiger partial charge in [-0.3, -0.25) is 9.59 Å². The molecule has 6 heteroatoms. The zero-order valence-electron chi connectivity index (χ0n) is 15.8. The number of amides is 2. The van der Waals surface area contributed by atoms with Crippen LogP contribution in [0.2, 0.25) is 0 Å². The average molecular weight is 433 g/mol. The van der Waals surface area contributed by atoms with E-state index in [9.17, 15) is 9.59 Å². The van der Waals surface area contributed by atoms with E-state index in [1.54, 1.807) is 42.5 Å². The Morgan fingerprint density at radius 1 is 1.07 bits per heavy atom. The van der Waals surface area contributed by atoms with Gasteiger partial charge in [-0.15, -0.1) is 0 Å². The molecule has 2 aromatic carbocycles. The molecule has 0 saturated heterocycles. The van der Waals surface area contributed by atoms with Crippen molar-refractivity contribution in [1.82, 2.24) is 5.32 Å². The molecule has 5 nitrogen and oxygen atoms in total. The Labute approximate surface area is 168 Å². The monoisotopic (exact) mass is 432 g/mol. The smallest absolute Gasteiger partial charge is 0.255 e. The number of unbranched alkanes of at least 4 members (excludes halogenated alkanes) is 1. The van der Waals surface area contributed by atoms with Crippen LogP contribution in [0, 0.1) is 0 Å². The fraction of sp³-hybridized carbons (Fsp3) is 0.333. The standard InChI is InChI=1S/C21H25BrN2O3/c1-4-5-11-27-19-10-9-16(13-18(19)22)21(26)24-17-8-6-7-15(12-17)20(25)23-14(2)3/h6-10,12-14H,4-5,11H2,1-3H3,(H,23,25)(H,24,26). The number of ether oxygens (including phenoxy) is 1. The summed E-state index contributed by atoms with van der Waals surface area (Å²) >= 11 is 3.45. The van der Waals surface area contributed by atoms with Crippen LogP contribution in [0.15, 0.2) is 46.9 Å². The highest BCUT2D eigenvalue weighted by Gasteiger charge is 2.12. The number of nitrogens with one attached hydrogen (secondary N) is 2. The molecular formula is C21H25BrN2O3. The molecule has 144 valence electrons. The maximum absolute atomic E-state index is 12.5. The van der Waals surface area contributed by atoms with Gasteiger partial charge in [0.1, 0.15) is 5.75 Å². The molecular weight excluding hydrogens is 408 g/mol. The molecule has 0 aliphatic carbocycles. The lowest BCUT2D eigenvalue weighted by Crippen LogP contribution is -2.30. The third-order valence-electron chi connectivity index (χ3n) is 3.75. The van der Waals surface area contributed by atoms with Gasteiger partial charge in [0.15, 0.2) is 0 Å². The Morgan fingerprint density at radius 3 is 2.48 bits per heavy atom. The normalized spacial score (nSPS) is 10.6. The molecule has 0 radical (unpaired) electrons. The second kappa shape index (κ2) is 10.1. The van der Waals surface area contributed by atoms with Crippen LogP contribution in [0.25, 0.3) is 0 Å². The minimum atomic E-state index is -0.253. The Hall–Kier alpha value is -2.34. The van der Waals surface area contributed by atoms with Gasteiger partial charge in [-0.25, -0.2) is 0 Å². The molecule has 0 aromatic heterocycles. The number of benzene rings is 2. The molecule has 0 heterocycles. The number of halogens is 1. The first-order valence-electron chi connectivity index (χ1n) is 9.05. The number of anilines is 1. The zero-order valence-corrected chi connectivity index (χ0v) is 17.4. The largest absolute Gasteiger partial charge is 0.492 e. The molecule has 0 unspecified atom stereocenters. The summed E-state index contributed by atoms with van der Waals surface area (Å²) in [6.07, 6.45) is 2.04. The molecule has 2 aromatic rings. The second-order valence-corrected chi connectivity index (χ2v) is 7.36. The maximum Gasteiger partial charge on any atom is 0.255 e. The molecule has 0 fully saturated rings. The molecule has 0 bridgehead atoms. The summed E-state index contributed by atoms with van der Waals surface area (Å²) in [4.78, 5) is 24.6. The van der Waals surface area contributed by atoms with E-state index < -0.39 is 0 Å². The lowest BCUT2D eigenvalue weighted by molar-refractivity contribution is 0.0941. The van der Waals surface area contributed by atoms with Crippen LogP contribution in [0.5, 0.6) is 5.75 Å². The molecule has 0 atom stereocenters. The van der Waals surface area contributed by atoms with Gasteiger partial charge >= 0.3 is 0 Å². The quantitative estimate of drug-likeness (QED) is 0.575. The Kier molecular flexibility index (Phi) is 7.85. The van der Waals surface area contributed by atoms with E-state index in [-0.39, 0.29) is 17.9 Å². The van der Waals surface area contributed by atoms with Crippen molar-refractivity contribution < 1.29 is 14.3 Å². The van der Waals surface area contributed by atoms with Crippen molar-refractivity contribution in [3.8, 4) is 5.75 Å². The predicted octanol–water partition coefficient (Wildman–Crippen LogP) is 5.02. The minimum Gasteiger partial charge on any atom is -0.492 e. The van der Waals surface area contributed by atoms with Crippen molar-refractivity contribution in [3.63, 3.8) is 0 Å². The zero-order chi connectivity index (χ0) is 19.8. The molecule has 0 saturated carbocycles. The van der Waals surface area contributed by atoms with Crippen molar-refractivity contribution in [2.45, 2.75) is 39.7 Å². The third kappa shape index (κ3) is 6.40. The molecule has 2 rings (SSSR count). The van der Waals surface area contributed by atoms with E-state index in [0.717, 1.165) is 17.3 Å². The molecule has 2 N–H and O–H groups in total. The first kappa shape index (κ1) is 21.0. The molecule has 0 aliphatic heterocycles. The maximum atomic E-state index is 12.5. The van der Waals surface area contributed by atoms with Gasteiger partial charge in [-0.2, -0.15) is 0 Å². The van der Waals surface area contributed by atoms with Gasteiger partial charge in [-0.05, 0) is 72.6 Å². The van der Waals surface area contributed by atoms with Crippen LogP contribution in [0.1, 0.15) is 54.3 Å². The highest BCUT2D eigenvalue weighted by molar-refractivity contribution is 9.10. The summed E-state index contributed by atoms with van der Waals surface area (Å²) in [5.41, 5.74) is 1.57.